The van der Waals surface area contributed by atoms with Crippen LogP contribution in [0.3, 0.4) is 0 Å². The van der Waals surface area contributed by atoms with E-state index >= 15 is 0 Å². The normalized spacial score (nSPS) is 27.0. The molecule has 1 atom stereocenters. The summed E-state index contributed by atoms with van der Waals surface area (Å²) in [5, 5.41) is 0. The number of esters is 1. The third kappa shape index (κ3) is 5.76. The van der Waals surface area contributed by atoms with Gasteiger partial charge in [0.1, 0.15) is 5.75 Å². The van der Waals surface area contributed by atoms with E-state index in [9.17, 15) is 13.6 Å². The predicted octanol–water partition coefficient (Wildman–Crippen LogP) is 7.68. The van der Waals surface area contributed by atoms with E-state index in [1.165, 1.54) is 43.7 Å². The molecule has 0 N–H and O–H groups in total. The van der Waals surface area contributed by atoms with Gasteiger partial charge in [-0.25, -0.2) is 8.78 Å². The zero-order valence-corrected chi connectivity index (χ0v) is 18.9. The highest BCUT2D eigenvalue weighted by Gasteiger charge is 2.34. The number of rotatable bonds is 6. The summed E-state index contributed by atoms with van der Waals surface area (Å²) in [6.45, 7) is 2.35. The van der Waals surface area contributed by atoms with E-state index < -0.39 is 11.6 Å². The Morgan fingerprint density at radius 1 is 0.875 bits per heavy atom. The number of halogens is 2. The SMILES string of the molecule is CC(CC1CCC(C2CCC(C(=O)Oc3ccc(F)c(F)c3)CC2)CC1)c1ccccc1. The highest BCUT2D eigenvalue weighted by atomic mass is 19.2. The van der Waals surface area contributed by atoms with E-state index in [1.807, 2.05) is 0 Å². The molecule has 2 nitrogen and oxygen atoms in total. The van der Waals surface area contributed by atoms with Crippen molar-refractivity contribution >= 4 is 5.97 Å². The molecule has 0 aromatic heterocycles. The van der Waals surface area contributed by atoms with Crippen molar-refractivity contribution in [2.45, 2.75) is 70.6 Å². The first kappa shape index (κ1) is 22.9. The first-order valence-corrected chi connectivity index (χ1v) is 12.2. The zero-order valence-electron chi connectivity index (χ0n) is 18.9. The monoisotopic (exact) mass is 440 g/mol. The van der Waals surface area contributed by atoms with Gasteiger partial charge in [0.15, 0.2) is 11.6 Å². The summed E-state index contributed by atoms with van der Waals surface area (Å²) in [6.07, 6.45) is 10.3. The van der Waals surface area contributed by atoms with Crippen LogP contribution in [0.15, 0.2) is 48.5 Å². The van der Waals surface area contributed by atoms with E-state index in [2.05, 4.69) is 37.3 Å². The van der Waals surface area contributed by atoms with Crippen LogP contribution in [0.5, 0.6) is 5.75 Å². The van der Waals surface area contributed by atoms with Crippen LogP contribution in [0, 0.1) is 35.3 Å². The molecular weight excluding hydrogens is 406 g/mol. The molecule has 0 amide bonds. The molecule has 0 aliphatic heterocycles. The Balaban J connectivity index is 1.19. The Hall–Kier alpha value is -2.23. The largest absolute Gasteiger partial charge is 0.426 e. The summed E-state index contributed by atoms with van der Waals surface area (Å²) < 4.78 is 31.7. The van der Waals surface area contributed by atoms with Crippen molar-refractivity contribution in [1.82, 2.24) is 0 Å². The fourth-order valence-corrected chi connectivity index (χ4v) is 5.88. The standard InChI is InChI=1S/C28H34F2O2/c1-19(21-5-3-2-4-6-21)17-20-7-9-22(10-8-20)23-11-13-24(14-12-23)28(31)32-25-15-16-26(29)27(30)18-25/h2-6,15-16,18-20,22-24H,7-14,17H2,1H3. The van der Waals surface area contributed by atoms with Crippen molar-refractivity contribution in [3.05, 3.63) is 65.7 Å². The second kappa shape index (κ2) is 10.6. The van der Waals surface area contributed by atoms with Crippen molar-refractivity contribution in [2.24, 2.45) is 23.7 Å². The van der Waals surface area contributed by atoms with Crippen molar-refractivity contribution < 1.29 is 18.3 Å². The van der Waals surface area contributed by atoms with Gasteiger partial charge in [-0.05, 0) is 86.3 Å². The minimum atomic E-state index is -0.993. The van der Waals surface area contributed by atoms with Gasteiger partial charge in [-0.1, -0.05) is 50.1 Å². The first-order valence-electron chi connectivity index (χ1n) is 12.2. The molecule has 4 heteroatoms. The highest BCUT2D eigenvalue weighted by molar-refractivity contribution is 5.75. The molecule has 2 aliphatic rings. The van der Waals surface area contributed by atoms with Crippen LogP contribution in [0.1, 0.15) is 76.2 Å². The Morgan fingerprint density at radius 3 is 2.12 bits per heavy atom. The molecule has 0 radical (unpaired) electrons. The molecule has 2 fully saturated rings. The lowest BCUT2D eigenvalue weighted by Crippen LogP contribution is -2.30. The van der Waals surface area contributed by atoms with Crippen molar-refractivity contribution in [3.8, 4) is 5.75 Å². The zero-order chi connectivity index (χ0) is 22.5. The lowest BCUT2D eigenvalue weighted by atomic mass is 9.68. The first-order chi connectivity index (χ1) is 15.5. The molecule has 2 saturated carbocycles. The van der Waals surface area contributed by atoms with Gasteiger partial charge in [0, 0.05) is 6.07 Å². The van der Waals surface area contributed by atoms with E-state index in [-0.39, 0.29) is 17.6 Å². The Morgan fingerprint density at radius 2 is 1.50 bits per heavy atom. The summed E-state index contributed by atoms with van der Waals surface area (Å²) in [6, 6.07) is 14.1. The molecule has 0 heterocycles. The fourth-order valence-electron chi connectivity index (χ4n) is 5.88. The molecule has 1 unspecified atom stereocenters. The van der Waals surface area contributed by atoms with Crippen LogP contribution in [-0.4, -0.2) is 5.97 Å². The van der Waals surface area contributed by atoms with E-state index in [1.54, 1.807) is 0 Å². The number of carbonyl (C=O) groups is 1. The van der Waals surface area contributed by atoms with Crippen LogP contribution < -0.4 is 4.74 Å². The molecule has 2 aromatic rings. The quantitative estimate of drug-likeness (QED) is 0.340. The third-order valence-corrected chi connectivity index (χ3v) is 7.83. The predicted molar refractivity (Wildman–Crippen MR) is 122 cm³/mol. The van der Waals surface area contributed by atoms with Gasteiger partial charge < -0.3 is 4.74 Å². The van der Waals surface area contributed by atoms with E-state index in [0.29, 0.717) is 11.8 Å². The topological polar surface area (TPSA) is 26.3 Å². The molecule has 172 valence electrons. The smallest absolute Gasteiger partial charge is 0.314 e. The average Bonchev–Trinajstić information content (AvgIpc) is 2.82. The van der Waals surface area contributed by atoms with Crippen LogP contribution >= 0.6 is 0 Å². The maximum Gasteiger partial charge on any atom is 0.314 e. The molecule has 2 aliphatic carbocycles. The van der Waals surface area contributed by atoms with Gasteiger partial charge >= 0.3 is 5.97 Å². The number of carbonyl (C=O) groups excluding carboxylic acids is 1. The minimum absolute atomic E-state index is 0.0825. The lowest BCUT2D eigenvalue weighted by molar-refractivity contribution is -0.140. The van der Waals surface area contributed by atoms with Gasteiger partial charge in [0.2, 0.25) is 0 Å². The maximum atomic E-state index is 13.3. The van der Waals surface area contributed by atoms with Crippen molar-refractivity contribution in [2.75, 3.05) is 0 Å². The second-order valence-electron chi connectivity index (χ2n) is 9.94. The van der Waals surface area contributed by atoms with Gasteiger partial charge in [-0.3, -0.25) is 4.79 Å². The molecule has 2 aromatic carbocycles. The Bertz CT molecular complexity index is 882. The molecule has 4 rings (SSSR count). The van der Waals surface area contributed by atoms with E-state index in [0.717, 1.165) is 49.7 Å². The summed E-state index contributed by atoms with van der Waals surface area (Å²) >= 11 is 0. The fraction of sp³-hybridized carbons (Fsp3) is 0.536. The molecular formula is C28H34F2O2. The molecule has 32 heavy (non-hydrogen) atoms. The molecule has 0 saturated heterocycles. The summed E-state index contributed by atoms with van der Waals surface area (Å²) in [7, 11) is 0. The summed E-state index contributed by atoms with van der Waals surface area (Å²) in [5.41, 5.74) is 1.45. The number of hydrogen-bond acceptors (Lipinski definition) is 2. The minimum Gasteiger partial charge on any atom is -0.426 e. The van der Waals surface area contributed by atoms with Crippen LogP contribution in [0.25, 0.3) is 0 Å². The second-order valence-corrected chi connectivity index (χ2v) is 9.94. The van der Waals surface area contributed by atoms with Gasteiger partial charge in [-0.15, -0.1) is 0 Å². The van der Waals surface area contributed by atoms with Gasteiger partial charge in [-0.2, -0.15) is 0 Å². The maximum absolute atomic E-state index is 13.3. The number of hydrogen-bond donors (Lipinski definition) is 0. The average molecular weight is 441 g/mol. The summed E-state index contributed by atoms with van der Waals surface area (Å²) in [5.74, 6) is 0.630. The Labute approximate surface area is 190 Å². The van der Waals surface area contributed by atoms with Crippen LogP contribution in [-0.2, 0) is 4.79 Å². The lowest BCUT2D eigenvalue weighted by Gasteiger charge is -2.38. The molecule has 0 bridgehead atoms. The molecule has 0 spiro atoms. The Kier molecular flexibility index (Phi) is 7.59. The number of benzene rings is 2. The van der Waals surface area contributed by atoms with Gasteiger partial charge in [0.25, 0.3) is 0 Å². The van der Waals surface area contributed by atoms with Crippen molar-refractivity contribution in [3.63, 3.8) is 0 Å². The van der Waals surface area contributed by atoms with Gasteiger partial charge in [0.05, 0.1) is 5.92 Å². The number of ether oxygens (including phenoxy) is 1. The van der Waals surface area contributed by atoms with Crippen LogP contribution in [0.4, 0.5) is 8.78 Å². The highest BCUT2D eigenvalue weighted by Crippen LogP contribution is 2.43. The third-order valence-electron chi connectivity index (χ3n) is 7.83. The van der Waals surface area contributed by atoms with Crippen molar-refractivity contribution in [1.29, 1.82) is 0 Å². The van der Waals surface area contributed by atoms with Crippen LogP contribution in [0.2, 0.25) is 0 Å². The van der Waals surface area contributed by atoms with E-state index in [4.69, 9.17) is 4.74 Å². The summed E-state index contributed by atoms with van der Waals surface area (Å²) in [4.78, 5) is 12.5.